The van der Waals surface area contributed by atoms with Crippen molar-refractivity contribution in [1.82, 2.24) is 10.2 Å². The molecule has 1 aliphatic rings. The van der Waals surface area contributed by atoms with Crippen LogP contribution in [0.5, 0.6) is 0 Å². The molecule has 23 heavy (non-hydrogen) atoms. The third-order valence-corrected chi connectivity index (χ3v) is 4.18. The summed E-state index contributed by atoms with van der Waals surface area (Å²) in [6.07, 6.45) is 5.19. The predicted molar refractivity (Wildman–Crippen MR) is 91.3 cm³/mol. The van der Waals surface area contributed by atoms with E-state index >= 15 is 0 Å². The minimum absolute atomic E-state index is 0.0640. The van der Waals surface area contributed by atoms with Gasteiger partial charge in [-0.1, -0.05) is 36.8 Å². The molecule has 1 saturated carbocycles. The lowest BCUT2D eigenvalue weighted by Crippen LogP contribution is -2.28. The molecule has 1 amide bonds. The molecule has 0 unspecified atom stereocenters. The number of carbonyl (C=O) groups excluding carboxylic acids is 1. The standard InChI is InChI=1S/C18H22N4O/c23-18(15-9-4-10-15)20-17-12-11-16(21-22-17)19-13-5-8-14-6-2-1-3-7-14/h1-3,6-7,11-12,15H,4-5,8-10,13H2,(H,19,21)(H,20,22,23). The molecule has 0 bridgehead atoms. The molecule has 1 heterocycles. The number of aromatic nitrogens is 2. The van der Waals surface area contributed by atoms with Crippen LogP contribution < -0.4 is 10.6 Å². The summed E-state index contributed by atoms with van der Waals surface area (Å²) in [5.41, 5.74) is 1.34. The maximum absolute atomic E-state index is 11.8. The fourth-order valence-corrected chi connectivity index (χ4v) is 2.55. The summed E-state index contributed by atoms with van der Waals surface area (Å²) in [7, 11) is 0. The Morgan fingerprint density at radius 1 is 1.04 bits per heavy atom. The van der Waals surface area contributed by atoms with Crippen molar-refractivity contribution >= 4 is 17.5 Å². The number of carbonyl (C=O) groups is 1. The molecule has 5 nitrogen and oxygen atoms in total. The summed E-state index contributed by atoms with van der Waals surface area (Å²) in [5, 5.41) is 14.2. The minimum atomic E-state index is 0.0640. The second kappa shape index (κ2) is 7.72. The zero-order valence-electron chi connectivity index (χ0n) is 13.2. The Morgan fingerprint density at radius 3 is 2.43 bits per heavy atom. The zero-order chi connectivity index (χ0) is 15.9. The first-order chi connectivity index (χ1) is 11.3. The molecule has 1 aromatic heterocycles. The van der Waals surface area contributed by atoms with Crippen molar-refractivity contribution < 1.29 is 4.79 Å². The van der Waals surface area contributed by atoms with Crippen molar-refractivity contribution in [3.05, 3.63) is 48.0 Å². The highest BCUT2D eigenvalue weighted by Gasteiger charge is 2.25. The van der Waals surface area contributed by atoms with Crippen LogP contribution in [0.2, 0.25) is 0 Å². The first-order valence-corrected chi connectivity index (χ1v) is 8.23. The number of hydrogen-bond acceptors (Lipinski definition) is 4. The normalized spacial score (nSPS) is 14.1. The van der Waals surface area contributed by atoms with Gasteiger partial charge in [-0.05, 0) is 43.4 Å². The maximum Gasteiger partial charge on any atom is 0.228 e. The van der Waals surface area contributed by atoms with Gasteiger partial charge < -0.3 is 10.6 Å². The van der Waals surface area contributed by atoms with Crippen molar-refractivity contribution in [2.75, 3.05) is 17.2 Å². The third-order valence-electron chi connectivity index (χ3n) is 4.18. The first-order valence-electron chi connectivity index (χ1n) is 8.23. The van der Waals surface area contributed by atoms with Gasteiger partial charge in [-0.3, -0.25) is 4.79 Å². The van der Waals surface area contributed by atoms with E-state index in [9.17, 15) is 4.79 Å². The highest BCUT2D eigenvalue weighted by atomic mass is 16.2. The van der Waals surface area contributed by atoms with Crippen LogP contribution in [-0.4, -0.2) is 22.6 Å². The fourth-order valence-electron chi connectivity index (χ4n) is 2.55. The molecule has 0 atom stereocenters. The molecule has 1 aromatic carbocycles. The Balaban J connectivity index is 1.39. The van der Waals surface area contributed by atoms with Gasteiger partial charge in [0.15, 0.2) is 5.82 Å². The lowest BCUT2D eigenvalue weighted by Gasteiger charge is -2.23. The molecule has 1 aliphatic carbocycles. The van der Waals surface area contributed by atoms with Crippen molar-refractivity contribution in [2.45, 2.75) is 32.1 Å². The molecule has 1 fully saturated rings. The summed E-state index contributed by atoms with van der Waals surface area (Å²) in [6.45, 7) is 0.845. The van der Waals surface area contributed by atoms with E-state index in [1.807, 2.05) is 12.1 Å². The maximum atomic E-state index is 11.8. The number of rotatable bonds is 7. The van der Waals surface area contributed by atoms with E-state index in [1.54, 1.807) is 6.07 Å². The minimum Gasteiger partial charge on any atom is -0.369 e. The summed E-state index contributed by atoms with van der Waals surface area (Å²) in [4.78, 5) is 11.8. The molecule has 2 N–H and O–H groups in total. The van der Waals surface area contributed by atoms with E-state index in [0.29, 0.717) is 5.82 Å². The summed E-state index contributed by atoms with van der Waals surface area (Å²) >= 11 is 0. The van der Waals surface area contributed by atoms with Gasteiger partial charge >= 0.3 is 0 Å². The molecule has 0 radical (unpaired) electrons. The van der Waals surface area contributed by atoms with Crippen LogP contribution >= 0.6 is 0 Å². The van der Waals surface area contributed by atoms with E-state index < -0.39 is 0 Å². The molecule has 0 aliphatic heterocycles. The second-order valence-electron chi connectivity index (χ2n) is 5.94. The molecular formula is C18H22N4O. The van der Waals surface area contributed by atoms with Crippen LogP contribution in [0, 0.1) is 5.92 Å². The van der Waals surface area contributed by atoms with E-state index in [1.165, 1.54) is 5.56 Å². The van der Waals surface area contributed by atoms with Gasteiger partial charge in [-0.15, -0.1) is 10.2 Å². The Hall–Kier alpha value is -2.43. The number of benzene rings is 1. The molecule has 2 aromatic rings. The lowest BCUT2D eigenvalue weighted by molar-refractivity contribution is -0.122. The van der Waals surface area contributed by atoms with Crippen LogP contribution in [0.15, 0.2) is 42.5 Å². The summed E-state index contributed by atoms with van der Waals surface area (Å²) in [5.74, 6) is 1.48. The average Bonchev–Trinajstić information content (AvgIpc) is 2.52. The van der Waals surface area contributed by atoms with Gasteiger partial charge in [0.2, 0.25) is 5.91 Å². The van der Waals surface area contributed by atoms with Crippen molar-refractivity contribution in [1.29, 1.82) is 0 Å². The Bertz CT molecular complexity index is 623. The van der Waals surface area contributed by atoms with Gasteiger partial charge in [-0.25, -0.2) is 0 Å². The SMILES string of the molecule is O=C(Nc1ccc(NCCCc2ccccc2)nn1)C1CCC1. The van der Waals surface area contributed by atoms with E-state index in [2.05, 4.69) is 45.1 Å². The summed E-state index contributed by atoms with van der Waals surface area (Å²) in [6, 6.07) is 14.1. The number of hydrogen-bond donors (Lipinski definition) is 2. The number of anilines is 2. The number of aryl methyl sites for hydroxylation is 1. The zero-order valence-corrected chi connectivity index (χ0v) is 13.2. The van der Waals surface area contributed by atoms with Gasteiger partial charge in [0, 0.05) is 12.5 Å². The van der Waals surface area contributed by atoms with Crippen LogP contribution in [0.4, 0.5) is 11.6 Å². The monoisotopic (exact) mass is 310 g/mol. The highest BCUT2D eigenvalue weighted by Crippen LogP contribution is 2.27. The van der Waals surface area contributed by atoms with Gasteiger partial charge in [0.1, 0.15) is 5.82 Å². The predicted octanol–water partition coefficient (Wildman–Crippen LogP) is 3.26. The van der Waals surface area contributed by atoms with Crippen LogP contribution in [0.25, 0.3) is 0 Å². The van der Waals surface area contributed by atoms with Gasteiger partial charge in [-0.2, -0.15) is 0 Å². The second-order valence-corrected chi connectivity index (χ2v) is 5.94. The van der Waals surface area contributed by atoms with Crippen molar-refractivity contribution in [3.63, 3.8) is 0 Å². The Labute approximate surface area is 136 Å². The smallest absolute Gasteiger partial charge is 0.228 e. The van der Waals surface area contributed by atoms with Gasteiger partial charge in [0.25, 0.3) is 0 Å². The first kappa shape index (κ1) is 15.5. The quantitative estimate of drug-likeness (QED) is 0.770. The lowest BCUT2D eigenvalue weighted by atomic mass is 9.85. The van der Waals surface area contributed by atoms with Crippen LogP contribution in [-0.2, 0) is 11.2 Å². The molecule has 0 spiro atoms. The number of nitrogens with zero attached hydrogens (tertiary/aromatic N) is 2. The fraction of sp³-hybridized carbons (Fsp3) is 0.389. The molecule has 5 heteroatoms. The molecule has 0 saturated heterocycles. The van der Waals surface area contributed by atoms with Crippen molar-refractivity contribution in [2.24, 2.45) is 5.92 Å². The largest absolute Gasteiger partial charge is 0.369 e. The van der Waals surface area contributed by atoms with Crippen LogP contribution in [0.3, 0.4) is 0 Å². The highest BCUT2D eigenvalue weighted by molar-refractivity contribution is 5.92. The van der Waals surface area contributed by atoms with E-state index in [0.717, 1.165) is 44.5 Å². The summed E-state index contributed by atoms with van der Waals surface area (Å²) < 4.78 is 0. The van der Waals surface area contributed by atoms with E-state index in [4.69, 9.17) is 0 Å². The van der Waals surface area contributed by atoms with Gasteiger partial charge in [0.05, 0.1) is 0 Å². The molecule has 3 rings (SSSR count). The van der Waals surface area contributed by atoms with E-state index in [-0.39, 0.29) is 11.8 Å². The Morgan fingerprint density at radius 2 is 1.78 bits per heavy atom. The third kappa shape index (κ3) is 4.52. The number of nitrogens with one attached hydrogen (secondary N) is 2. The van der Waals surface area contributed by atoms with Crippen molar-refractivity contribution in [3.8, 4) is 0 Å². The molecule has 120 valence electrons. The molecular weight excluding hydrogens is 288 g/mol. The van der Waals surface area contributed by atoms with Crippen LogP contribution in [0.1, 0.15) is 31.2 Å². The number of amides is 1. The average molecular weight is 310 g/mol. The Kier molecular flexibility index (Phi) is 5.19. The topological polar surface area (TPSA) is 66.9 Å².